The maximum atomic E-state index is 12.6. The van der Waals surface area contributed by atoms with Crippen LogP contribution < -0.4 is 0 Å². The first kappa shape index (κ1) is 46.2. The zero-order chi connectivity index (χ0) is 35.0. The minimum atomic E-state index is -0.742. The average molecular weight is 673 g/mol. The smallest absolute Gasteiger partial charge is 0.306 e. The molecule has 0 rings (SSSR count). The fourth-order valence-electron chi connectivity index (χ4n) is 6.32. The summed E-state index contributed by atoms with van der Waals surface area (Å²) in [5.41, 5.74) is 0. The van der Waals surface area contributed by atoms with Gasteiger partial charge in [-0.1, -0.05) is 179 Å². The molecule has 0 aromatic rings. The van der Waals surface area contributed by atoms with Crippen molar-refractivity contribution in [1.82, 2.24) is 0 Å². The van der Waals surface area contributed by atoms with Gasteiger partial charge in [-0.15, -0.1) is 0 Å². The lowest BCUT2D eigenvalue weighted by Gasteiger charge is -2.18. The van der Waals surface area contributed by atoms with Gasteiger partial charge in [-0.3, -0.25) is 9.59 Å². The second-order valence-electron chi connectivity index (χ2n) is 14.2. The van der Waals surface area contributed by atoms with Crippen molar-refractivity contribution in [3.8, 4) is 0 Å². The first-order chi connectivity index (χ1) is 23.6. The van der Waals surface area contributed by atoms with Gasteiger partial charge in [-0.25, -0.2) is 0 Å². The summed E-state index contributed by atoms with van der Waals surface area (Å²) in [6, 6.07) is 0. The van der Waals surface area contributed by atoms with Crippen LogP contribution in [0.25, 0.3) is 0 Å². The molecule has 0 aliphatic heterocycles. The highest BCUT2D eigenvalue weighted by Gasteiger charge is 2.14. The number of hydrogen-bond donors (Lipinski definition) is 1. The van der Waals surface area contributed by atoms with Gasteiger partial charge in [-0.05, 0) is 70.6 Å². The maximum Gasteiger partial charge on any atom is 0.306 e. The normalized spacial score (nSPS) is 12.5. The second kappa shape index (κ2) is 39.6. The number of unbranched alkanes of at least 4 members (excludes halogenated alkanes) is 23. The van der Waals surface area contributed by atoms with Crippen LogP contribution in [0.1, 0.15) is 226 Å². The molecule has 0 bridgehead atoms. The Morgan fingerprint density at radius 3 is 1.38 bits per heavy atom. The number of hydrogen-bond acceptors (Lipinski definition) is 3. The standard InChI is InChI=1S/C44H80O4/c1-3-5-7-9-11-13-15-17-19-20-21-22-23-25-27-29-31-33-35-41-44(47)48-42(39-36-37-40-43(45)46)38-34-32-30-28-26-24-18-16-14-12-10-8-6-4-2/h5,7,11,13,17,19,42H,3-4,6,8-10,12,14-16,18,20-41H2,1-2H3,(H,45,46)/b7-5-,13-11-,19-17-. The molecule has 1 N–H and O–H groups in total. The molecular formula is C44H80O4. The SMILES string of the molecule is CC/C=C\C/C=C\C/C=C\CCCCCCCCCCCC(=O)OC(CCCCCCCCCCCCCCCC)CCCCC(=O)O. The lowest BCUT2D eigenvalue weighted by atomic mass is 10.0. The van der Waals surface area contributed by atoms with Crippen molar-refractivity contribution in [3.63, 3.8) is 0 Å². The number of carbonyl (C=O) groups is 2. The Morgan fingerprint density at radius 1 is 0.479 bits per heavy atom. The molecular weight excluding hydrogens is 592 g/mol. The highest BCUT2D eigenvalue weighted by Crippen LogP contribution is 2.19. The van der Waals surface area contributed by atoms with E-state index in [0.29, 0.717) is 12.8 Å². The van der Waals surface area contributed by atoms with Crippen LogP contribution in [0.3, 0.4) is 0 Å². The van der Waals surface area contributed by atoms with E-state index in [0.717, 1.165) is 57.8 Å². The molecule has 1 atom stereocenters. The highest BCUT2D eigenvalue weighted by molar-refractivity contribution is 5.69. The zero-order valence-electron chi connectivity index (χ0n) is 32.0. The highest BCUT2D eigenvalue weighted by atomic mass is 16.5. The van der Waals surface area contributed by atoms with Crippen LogP contribution in [0, 0.1) is 0 Å². The van der Waals surface area contributed by atoms with Crippen LogP contribution in [-0.2, 0) is 14.3 Å². The third kappa shape index (κ3) is 38.6. The van der Waals surface area contributed by atoms with E-state index in [-0.39, 0.29) is 18.5 Å². The first-order valence-corrected chi connectivity index (χ1v) is 21.0. The Bertz CT molecular complexity index is 768. The van der Waals surface area contributed by atoms with Gasteiger partial charge in [0.2, 0.25) is 0 Å². The molecule has 1 unspecified atom stereocenters. The summed E-state index contributed by atoms with van der Waals surface area (Å²) < 4.78 is 5.91. The van der Waals surface area contributed by atoms with Gasteiger partial charge < -0.3 is 9.84 Å². The van der Waals surface area contributed by atoms with Crippen LogP contribution in [0.4, 0.5) is 0 Å². The lowest BCUT2D eigenvalue weighted by molar-refractivity contribution is -0.150. The molecule has 280 valence electrons. The summed E-state index contributed by atoms with van der Waals surface area (Å²) in [6.45, 7) is 4.45. The lowest BCUT2D eigenvalue weighted by Crippen LogP contribution is -2.18. The van der Waals surface area contributed by atoms with E-state index in [4.69, 9.17) is 9.84 Å². The van der Waals surface area contributed by atoms with Gasteiger partial charge in [0.05, 0.1) is 0 Å². The zero-order valence-corrected chi connectivity index (χ0v) is 32.0. The number of aliphatic carboxylic acids is 1. The van der Waals surface area contributed by atoms with Crippen molar-refractivity contribution < 1.29 is 19.4 Å². The quantitative estimate of drug-likeness (QED) is 0.0403. The summed E-state index contributed by atoms with van der Waals surface area (Å²) in [6.07, 6.45) is 51.7. The fraction of sp³-hybridized carbons (Fsp3) is 0.818. The summed E-state index contributed by atoms with van der Waals surface area (Å²) in [7, 11) is 0. The van der Waals surface area contributed by atoms with Crippen LogP contribution >= 0.6 is 0 Å². The average Bonchev–Trinajstić information content (AvgIpc) is 3.07. The molecule has 4 nitrogen and oxygen atoms in total. The molecule has 0 aromatic carbocycles. The number of ether oxygens (including phenoxy) is 1. The fourth-order valence-corrected chi connectivity index (χ4v) is 6.32. The van der Waals surface area contributed by atoms with Crippen molar-refractivity contribution in [2.24, 2.45) is 0 Å². The Balaban J connectivity index is 3.84. The van der Waals surface area contributed by atoms with Crippen LogP contribution in [0.5, 0.6) is 0 Å². The molecule has 0 fully saturated rings. The minimum absolute atomic E-state index is 0.0473. The van der Waals surface area contributed by atoms with Gasteiger partial charge in [0.15, 0.2) is 0 Å². The number of rotatable bonds is 38. The van der Waals surface area contributed by atoms with Crippen molar-refractivity contribution >= 4 is 11.9 Å². The van der Waals surface area contributed by atoms with Crippen LogP contribution in [0.2, 0.25) is 0 Å². The maximum absolute atomic E-state index is 12.6. The molecule has 0 amide bonds. The van der Waals surface area contributed by atoms with E-state index in [2.05, 4.69) is 50.3 Å². The van der Waals surface area contributed by atoms with Gasteiger partial charge in [0.1, 0.15) is 6.10 Å². The topological polar surface area (TPSA) is 63.6 Å². The molecule has 0 aliphatic rings. The van der Waals surface area contributed by atoms with Gasteiger partial charge in [0.25, 0.3) is 0 Å². The van der Waals surface area contributed by atoms with E-state index < -0.39 is 5.97 Å². The van der Waals surface area contributed by atoms with E-state index in [1.807, 2.05) is 0 Å². The second-order valence-corrected chi connectivity index (χ2v) is 14.2. The van der Waals surface area contributed by atoms with Crippen molar-refractivity contribution in [1.29, 1.82) is 0 Å². The Kier molecular flexibility index (Phi) is 38.1. The molecule has 48 heavy (non-hydrogen) atoms. The van der Waals surface area contributed by atoms with E-state index in [9.17, 15) is 9.59 Å². The summed E-state index contributed by atoms with van der Waals surface area (Å²) >= 11 is 0. The van der Waals surface area contributed by atoms with Crippen molar-refractivity contribution in [2.45, 2.75) is 232 Å². The molecule has 0 saturated carbocycles. The number of carboxylic acids is 1. The Hall–Kier alpha value is -1.84. The molecule has 4 heteroatoms. The molecule has 0 aliphatic carbocycles. The van der Waals surface area contributed by atoms with Crippen molar-refractivity contribution in [3.05, 3.63) is 36.5 Å². The van der Waals surface area contributed by atoms with Gasteiger partial charge in [0, 0.05) is 12.8 Å². The molecule has 0 spiro atoms. The van der Waals surface area contributed by atoms with E-state index in [1.165, 1.54) is 135 Å². The van der Waals surface area contributed by atoms with Crippen LogP contribution in [0.15, 0.2) is 36.5 Å². The van der Waals surface area contributed by atoms with Crippen LogP contribution in [-0.4, -0.2) is 23.1 Å². The minimum Gasteiger partial charge on any atom is -0.481 e. The predicted molar refractivity (Wildman–Crippen MR) is 209 cm³/mol. The van der Waals surface area contributed by atoms with Gasteiger partial charge in [-0.2, -0.15) is 0 Å². The summed E-state index contributed by atoms with van der Waals surface area (Å²) in [5.74, 6) is -0.799. The van der Waals surface area contributed by atoms with Gasteiger partial charge >= 0.3 is 11.9 Å². The van der Waals surface area contributed by atoms with E-state index >= 15 is 0 Å². The summed E-state index contributed by atoms with van der Waals surface area (Å²) in [5, 5.41) is 8.96. The first-order valence-electron chi connectivity index (χ1n) is 21.0. The van der Waals surface area contributed by atoms with Crippen molar-refractivity contribution in [2.75, 3.05) is 0 Å². The predicted octanol–water partition coefficient (Wildman–Crippen LogP) is 14.6. The molecule has 0 radical (unpaired) electrons. The van der Waals surface area contributed by atoms with E-state index in [1.54, 1.807) is 0 Å². The Labute approximate surface area is 299 Å². The third-order valence-electron chi connectivity index (χ3n) is 9.38. The Morgan fingerprint density at radius 2 is 0.875 bits per heavy atom. The molecule has 0 saturated heterocycles. The number of allylic oxidation sites excluding steroid dienone is 6. The third-order valence-corrected chi connectivity index (χ3v) is 9.38. The monoisotopic (exact) mass is 673 g/mol. The number of carbonyl (C=O) groups excluding carboxylic acids is 1. The number of carboxylic acid groups (broad SMARTS) is 1. The summed E-state index contributed by atoms with van der Waals surface area (Å²) in [4.78, 5) is 23.5. The largest absolute Gasteiger partial charge is 0.481 e. The number of esters is 1. The molecule has 0 aromatic heterocycles. The molecule has 0 heterocycles.